The first kappa shape index (κ1) is 11.4. The first-order valence-electron chi connectivity index (χ1n) is 5.42. The van der Waals surface area contributed by atoms with Crippen molar-refractivity contribution in [2.24, 2.45) is 0 Å². The molecular formula is C12H16FNO2. The molecule has 0 bridgehead atoms. The van der Waals surface area contributed by atoms with Gasteiger partial charge in [-0.15, -0.1) is 0 Å². The second-order valence-electron chi connectivity index (χ2n) is 4.13. The average Bonchev–Trinajstić information content (AvgIpc) is 2.67. The molecular weight excluding hydrogens is 209 g/mol. The maximum atomic E-state index is 13.5. The zero-order valence-corrected chi connectivity index (χ0v) is 9.32. The normalized spacial score (nSPS) is 21.3. The first-order chi connectivity index (χ1) is 7.69. The number of methoxy groups -OCH3 is 1. The molecule has 1 fully saturated rings. The van der Waals surface area contributed by atoms with Crippen LogP contribution in [0.1, 0.15) is 12.0 Å². The number of aliphatic hydroxyl groups is 1. The molecule has 1 saturated heterocycles. The molecule has 4 heteroatoms. The van der Waals surface area contributed by atoms with Crippen molar-refractivity contribution >= 4 is 0 Å². The molecule has 1 heterocycles. The van der Waals surface area contributed by atoms with Crippen molar-refractivity contribution in [1.29, 1.82) is 0 Å². The molecule has 1 aliphatic heterocycles. The number of halogens is 1. The monoisotopic (exact) mass is 225 g/mol. The minimum absolute atomic E-state index is 0.220. The fourth-order valence-corrected chi connectivity index (χ4v) is 2.00. The average molecular weight is 225 g/mol. The van der Waals surface area contributed by atoms with Gasteiger partial charge < -0.3 is 9.84 Å². The highest BCUT2D eigenvalue weighted by atomic mass is 19.1. The third-order valence-corrected chi connectivity index (χ3v) is 2.89. The third kappa shape index (κ3) is 2.51. The summed E-state index contributed by atoms with van der Waals surface area (Å²) < 4.78 is 18.6. The molecule has 16 heavy (non-hydrogen) atoms. The van der Waals surface area contributed by atoms with E-state index < -0.39 is 0 Å². The van der Waals surface area contributed by atoms with Gasteiger partial charge in [0.1, 0.15) is 11.6 Å². The van der Waals surface area contributed by atoms with Crippen LogP contribution in [0.25, 0.3) is 0 Å². The SMILES string of the molecule is COc1ccc(F)c(CN2CC[C@H](O)C2)c1. The van der Waals surface area contributed by atoms with Gasteiger partial charge in [-0.25, -0.2) is 4.39 Å². The molecule has 0 aromatic heterocycles. The molecule has 0 aliphatic carbocycles. The van der Waals surface area contributed by atoms with E-state index in [1.165, 1.54) is 6.07 Å². The lowest BCUT2D eigenvalue weighted by molar-refractivity contribution is 0.174. The lowest BCUT2D eigenvalue weighted by Gasteiger charge is -2.15. The maximum absolute atomic E-state index is 13.5. The zero-order valence-electron chi connectivity index (χ0n) is 9.32. The highest BCUT2D eigenvalue weighted by molar-refractivity contribution is 5.29. The summed E-state index contributed by atoms with van der Waals surface area (Å²) in [5.74, 6) is 0.443. The van der Waals surface area contributed by atoms with Gasteiger partial charge in [-0.05, 0) is 24.6 Å². The van der Waals surface area contributed by atoms with Crippen LogP contribution in [0.2, 0.25) is 0 Å². The van der Waals surface area contributed by atoms with Gasteiger partial charge in [0.2, 0.25) is 0 Å². The number of hydrogen-bond donors (Lipinski definition) is 1. The lowest BCUT2D eigenvalue weighted by Crippen LogP contribution is -2.22. The van der Waals surface area contributed by atoms with Gasteiger partial charge >= 0.3 is 0 Å². The molecule has 1 aliphatic rings. The van der Waals surface area contributed by atoms with Crippen LogP contribution in [-0.2, 0) is 6.54 Å². The van der Waals surface area contributed by atoms with E-state index in [2.05, 4.69) is 0 Å². The van der Waals surface area contributed by atoms with Gasteiger partial charge in [0.15, 0.2) is 0 Å². The molecule has 1 aromatic rings. The molecule has 1 aromatic carbocycles. The Morgan fingerprint density at radius 3 is 3.00 bits per heavy atom. The predicted molar refractivity (Wildman–Crippen MR) is 58.9 cm³/mol. The Bertz CT molecular complexity index is 370. The van der Waals surface area contributed by atoms with Crippen LogP contribution in [0.15, 0.2) is 18.2 Å². The molecule has 0 amide bonds. The summed E-state index contributed by atoms with van der Waals surface area (Å²) in [6.07, 6.45) is 0.500. The number of nitrogens with zero attached hydrogens (tertiary/aromatic N) is 1. The summed E-state index contributed by atoms with van der Waals surface area (Å²) in [6, 6.07) is 4.73. The summed E-state index contributed by atoms with van der Waals surface area (Å²) in [4.78, 5) is 2.04. The third-order valence-electron chi connectivity index (χ3n) is 2.89. The standard InChI is InChI=1S/C12H16FNO2/c1-16-11-2-3-12(13)9(6-11)7-14-5-4-10(15)8-14/h2-3,6,10,15H,4-5,7-8H2,1H3/t10-/m0/s1. The second-order valence-corrected chi connectivity index (χ2v) is 4.13. The Balaban J connectivity index is 2.08. The molecule has 0 saturated carbocycles. The van der Waals surface area contributed by atoms with Crippen LogP contribution in [-0.4, -0.2) is 36.3 Å². The summed E-state index contributed by atoms with van der Waals surface area (Å²) in [5, 5.41) is 9.39. The van der Waals surface area contributed by atoms with Crippen molar-refractivity contribution in [2.75, 3.05) is 20.2 Å². The van der Waals surface area contributed by atoms with E-state index in [4.69, 9.17) is 4.74 Å². The lowest BCUT2D eigenvalue weighted by atomic mass is 10.2. The highest BCUT2D eigenvalue weighted by Crippen LogP contribution is 2.20. The van der Waals surface area contributed by atoms with Crippen LogP contribution >= 0.6 is 0 Å². The molecule has 3 nitrogen and oxygen atoms in total. The smallest absolute Gasteiger partial charge is 0.127 e. The minimum atomic E-state index is -0.270. The molecule has 88 valence electrons. The van der Waals surface area contributed by atoms with Crippen molar-refractivity contribution in [2.45, 2.75) is 19.1 Å². The number of ether oxygens (including phenoxy) is 1. The number of benzene rings is 1. The molecule has 0 unspecified atom stereocenters. The summed E-state index contributed by atoms with van der Waals surface area (Å²) in [6.45, 7) is 1.97. The number of rotatable bonds is 3. The Labute approximate surface area is 94.4 Å². The van der Waals surface area contributed by atoms with Gasteiger partial charge in [-0.2, -0.15) is 0 Å². The van der Waals surface area contributed by atoms with E-state index in [1.807, 2.05) is 4.90 Å². The van der Waals surface area contributed by atoms with Gasteiger partial charge in [-0.1, -0.05) is 0 Å². The molecule has 0 spiro atoms. The van der Waals surface area contributed by atoms with Gasteiger partial charge in [0, 0.05) is 25.2 Å². The van der Waals surface area contributed by atoms with Crippen molar-refractivity contribution < 1.29 is 14.2 Å². The van der Waals surface area contributed by atoms with E-state index in [1.54, 1.807) is 19.2 Å². The zero-order chi connectivity index (χ0) is 11.5. The highest BCUT2D eigenvalue weighted by Gasteiger charge is 2.21. The largest absolute Gasteiger partial charge is 0.497 e. The Kier molecular flexibility index (Phi) is 3.41. The van der Waals surface area contributed by atoms with E-state index in [0.717, 1.165) is 13.0 Å². The van der Waals surface area contributed by atoms with Crippen molar-refractivity contribution in [3.63, 3.8) is 0 Å². The maximum Gasteiger partial charge on any atom is 0.127 e. The molecule has 2 rings (SSSR count). The molecule has 0 radical (unpaired) electrons. The van der Waals surface area contributed by atoms with E-state index in [0.29, 0.717) is 24.4 Å². The minimum Gasteiger partial charge on any atom is -0.497 e. The van der Waals surface area contributed by atoms with Gasteiger partial charge in [-0.3, -0.25) is 4.90 Å². The fraction of sp³-hybridized carbons (Fsp3) is 0.500. The molecule has 1 N–H and O–H groups in total. The Hall–Kier alpha value is -1.13. The quantitative estimate of drug-likeness (QED) is 0.844. The van der Waals surface area contributed by atoms with Crippen molar-refractivity contribution in [1.82, 2.24) is 4.90 Å². The Morgan fingerprint density at radius 1 is 1.56 bits per heavy atom. The Morgan fingerprint density at radius 2 is 2.38 bits per heavy atom. The summed E-state index contributed by atoms with van der Waals surface area (Å²) in [5.41, 5.74) is 0.619. The predicted octanol–water partition coefficient (Wildman–Crippen LogP) is 1.40. The van der Waals surface area contributed by atoms with Crippen LogP contribution in [0.3, 0.4) is 0 Å². The molecule has 1 atom stereocenters. The van der Waals surface area contributed by atoms with Crippen LogP contribution in [0.5, 0.6) is 5.75 Å². The fourth-order valence-electron chi connectivity index (χ4n) is 2.00. The number of aliphatic hydroxyl groups excluding tert-OH is 1. The first-order valence-corrected chi connectivity index (χ1v) is 5.42. The topological polar surface area (TPSA) is 32.7 Å². The van der Waals surface area contributed by atoms with E-state index in [-0.39, 0.29) is 11.9 Å². The van der Waals surface area contributed by atoms with E-state index >= 15 is 0 Å². The van der Waals surface area contributed by atoms with Crippen LogP contribution in [0.4, 0.5) is 4.39 Å². The van der Waals surface area contributed by atoms with Crippen LogP contribution in [0, 0.1) is 5.82 Å². The van der Waals surface area contributed by atoms with Crippen molar-refractivity contribution in [3.05, 3.63) is 29.6 Å². The number of hydrogen-bond acceptors (Lipinski definition) is 3. The van der Waals surface area contributed by atoms with Crippen molar-refractivity contribution in [3.8, 4) is 5.75 Å². The van der Waals surface area contributed by atoms with Gasteiger partial charge in [0.25, 0.3) is 0 Å². The van der Waals surface area contributed by atoms with Crippen LogP contribution < -0.4 is 4.74 Å². The van der Waals surface area contributed by atoms with E-state index in [9.17, 15) is 9.50 Å². The second kappa shape index (κ2) is 4.80. The number of likely N-dealkylation sites (tertiary alicyclic amines) is 1. The summed E-state index contributed by atoms with van der Waals surface area (Å²) in [7, 11) is 1.57. The number of β-amino-alcohol motifs (C(OH)–C–C–N with tert-alkyl or cyclic N) is 1. The summed E-state index contributed by atoms with van der Waals surface area (Å²) >= 11 is 0. The van der Waals surface area contributed by atoms with Gasteiger partial charge in [0.05, 0.1) is 13.2 Å².